The molecule has 1 amide bonds. The van der Waals surface area contributed by atoms with Crippen LogP contribution < -0.4 is 10.6 Å². The lowest BCUT2D eigenvalue weighted by atomic mass is 10.1. The van der Waals surface area contributed by atoms with Gasteiger partial charge in [-0.15, -0.1) is 0 Å². The second kappa shape index (κ2) is 5.74. The van der Waals surface area contributed by atoms with E-state index in [0.717, 1.165) is 5.56 Å². The van der Waals surface area contributed by atoms with Gasteiger partial charge in [-0.1, -0.05) is 6.07 Å². The monoisotopic (exact) mass is 272 g/mol. The van der Waals surface area contributed by atoms with Crippen LogP contribution in [0, 0.1) is 12.7 Å². The Kier molecular flexibility index (Phi) is 4.03. The van der Waals surface area contributed by atoms with Gasteiger partial charge < -0.3 is 10.6 Å². The minimum absolute atomic E-state index is 0.157. The van der Waals surface area contributed by atoms with Crippen LogP contribution in [-0.4, -0.2) is 12.5 Å². The number of hydrogen-bond acceptors (Lipinski definition) is 2. The van der Waals surface area contributed by atoms with Gasteiger partial charge in [0, 0.05) is 23.5 Å². The molecule has 0 spiro atoms. The van der Waals surface area contributed by atoms with Crippen molar-refractivity contribution < 1.29 is 9.18 Å². The van der Waals surface area contributed by atoms with E-state index in [4.69, 9.17) is 5.73 Å². The molecule has 0 saturated heterocycles. The summed E-state index contributed by atoms with van der Waals surface area (Å²) in [5, 5.41) is 0. The zero-order chi connectivity index (χ0) is 14.7. The van der Waals surface area contributed by atoms with Gasteiger partial charge in [-0.3, -0.25) is 4.79 Å². The summed E-state index contributed by atoms with van der Waals surface area (Å²) >= 11 is 0. The normalized spacial score (nSPS) is 10.3. The molecule has 2 N–H and O–H groups in total. The van der Waals surface area contributed by atoms with Crippen molar-refractivity contribution in [2.45, 2.75) is 13.8 Å². The van der Waals surface area contributed by atoms with Gasteiger partial charge >= 0.3 is 0 Å². The molecular weight excluding hydrogens is 255 g/mol. The predicted octanol–water partition coefficient (Wildman–Crippen LogP) is 3.38. The Morgan fingerprint density at radius 2 is 2.00 bits per heavy atom. The lowest BCUT2D eigenvalue weighted by molar-refractivity contribution is 0.0988. The molecule has 0 saturated carbocycles. The van der Waals surface area contributed by atoms with Gasteiger partial charge in [0.2, 0.25) is 0 Å². The van der Waals surface area contributed by atoms with Crippen LogP contribution >= 0.6 is 0 Å². The van der Waals surface area contributed by atoms with Crippen LogP contribution in [0.4, 0.5) is 15.8 Å². The number of amides is 1. The highest BCUT2D eigenvalue weighted by molar-refractivity contribution is 6.07. The standard InChI is InChI=1S/C16H17FN2O/c1-3-19(14-6-4-5-12(17)10-14)16(20)15-8-7-13(18)9-11(15)2/h4-10H,3,18H2,1-2H3. The number of carbonyl (C=O) groups excluding carboxylic acids is 1. The van der Waals surface area contributed by atoms with E-state index in [1.54, 1.807) is 35.2 Å². The predicted molar refractivity (Wildman–Crippen MR) is 79.3 cm³/mol. The second-order valence-electron chi connectivity index (χ2n) is 4.60. The molecule has 4 heteroatoms. The first-order chi connectivity index (χ1) is 9.52. The number of hydrogen-bond donors (Lipinski definition) is 1. The summed E-state index contributed by atoms with van der Waals surface area (Å²) in [7, 11) is 0. The maximum Gasteiger partial charge on any atom is 0.258 e. The zero-order valence-corrected chi connectivity index (χ0v) is 11.6. The van der Waals surface area contributed by atoms with Crippen LogP contribution in [0.1, 0.15) is 22.8 Å². The Morgan fingerprint density at radius 1 is 1.25 bits per heavy atom. The van der Waals surface area contributed by atoms with Gasteiger partial charge in [0.05, 0.1) is 0 Å². The first-order valence-corrected chi connectivity index (χ1v) is 6.46. The van der Waals surface area contributed by atoms with Crippen molar-refractivity contribution in [1.29, 1.82) is 0 Å². The van der Waals surface area contributed by atoms with E-state index in [-0.39, 0.29) is 11.7 Å². The van der Waals surface area contributed by atoms with Crippen molar-refractivity contribution in [1.82, 2.24) is 0 Å². The molecular formula is C16H17FN2O. The molecule has 20 heavy (non-hydrogen) atoms. The fourth-order valence-electron chi connectivity index (χ4n) is 2.16. The van der Waals surface area contributed by atoms with Crippen LogP contribution in [0.5, 0.6) is 0 Å². The lowest BCUT2D eigenvalue weighted by Gasteiger charge is -2.22. The number of carbonyl (C=O) groups is 1. The van der Waals surface area contributed by atoms with Gasteiger partial charge in [-0.2, -0.15) is 0 Å². The highest BCUT2D eigenvalue weighted by Crippen LogP contribution is 2.21. The largest absolute Gasteiger partial charge is 0.399 e. The molecule has 3 nitrogen and oxygen atoms in total. The number of halogens is 1. The average molecular weight is 272 g/mol. The molecule has 0 atom stereocenters. The number of anilines is 2. The Hall–Kier alpha value is -2.36. The second-order valence-corrected chi connectivity index (χ2v) is 4.60. The molecule has 0 fully saturated rings. The lowest BCUT2D eigenvalue weighted by Crippen LogP contribution is -2.31. The maximum absolute atomic E-state index is 13.3. The van der Waals surface area contributed by atoms with E-state index in [1.165, 1.54) is 12.1 Å². The van der Waals surface area contributed by atoms with Gasteiger partial charge in [0.1, 0.15) is 5.82 Å². The highest BCUT2D eigenvalue weighted by atomic mass is 19.1. The smallest absolute Gasteiger partial charge is 0.258 e. The van der Waals surface area contributed by atoms with E-state index in [2.05, 4.69) is 0 Å². The fraction of sp³-hybridized carbons (Fsp3) is 0.188. The summed E-state index contributed by atoms with van der Waals surface area (Å²) < 4.78 is 13.3. The molecule has 2 aromatic rings. The molecule has 0 aromatic heterocycles. The molecule has 0 bridgehead atoms. The average Bonchev–Trinajstić information content (AvgIpc) is 2.39. The molecule has 0 aliphatic heterocycles. The Labute approximate surface area is 117 Å². The van der Waals surface area contributed by atoms with Crippen molar-refractivity contribution in [2.75, 3.05) is 17.2 Å². The van der Waals surface area contributed by atoms with Crippen LogP contribution in [0.3, 0.4) is 0 Å². The summed E-state index contributed by atoms with van der Waals surface area (Å²) in [5.74, 6) is -0.515. The third-order valence-corrected chi connectivity index (χ3v) is 3.16. The minimum atomic E-state index is -0.359. The van der Waals surface area contributed by atoms with E-state index in [1.807, 2.05) is 13.8 Å². The molecule has 0 aliphatic rings. The minimum Gasteiger partial charge on any atom is -0.399 e. The number of benzene rings is 2. The Morgan fingerprint density at radius 3 is 2.60 bits per heavy atom. The molecule has 0 aliphatic carbocycles. The van der Waals surface area contributed by atoms with E-state index < -0.39 is 0 Å². The maximum atomic E-state index is 13.3. The molecule has 0 unspecified atom stereocenters. The molecule has 2 rings (SSSR count). The third kappa shape index (κ3) is 2.79. The van der Waals surface area contributed by atoms with Crippen molar-refractivity contribution in [3.05, 3.63) is 59.4 Å². The molecule has 0 heterocycles. The quantitative estimate of drug-likeness (QED) is 0.871. The van der Waals surface area contributed by atoms with Crippen LogP contribution in [0.2, 0.25) is 0 Å². The van der Waals surface area contributed by atoms with Gasteiger partial charge in [0.15, 0.2) is 0 Å². The van der Waals surface area contributed by atoms with Crippen molar-refractivity contribution in [2.24, 2.45) is 0 Å². The first-order valence-electron chi connectivity index (χ1n) is 6.46. The molecule has 2 aromatic carbocycles. The topological polar surface area (TPSA) is 46.3 Å². The highest BCUT2D eigenvalue weighted by Gasteiger charge is 2.18. The van der Waals surface area contributed by atoms with Crippen molar-refractivity contribution in [3.8, 4) is 0 Å². The summed E-state index contributed by atoms with van der Waals surface area (Å²) in [6.07, 6.45) is 0. The van der Waals surface area contributed by atoms with Gasteiger partial charge in [-0.25, -0.2) is 4.39 Å². The third-order valence-electron chi connectivity index (χ3n) is 3.16. The number of nitrogens with two attached hydrogens (primary N) is 1. The number of rotatable bonds is 3. The summed E-state index contributed by atoms with van der Waals surface area (Å²) in [6, 6.07) is 11.2. The van der Waals surface area contributed by atoms with E-state index in [0.29, 0.717) is 23.5 Å². The first kappa shape index (κ1) is 14.1. The molecule has 0 radical (unpaired) electrons. The molecule has 104 valence electrons. The van der Waals surface area contributed by atoms with Crippen LogP contribution in [0.15, 0.2) is 42.5 Å². The van der Waals surface area contributed by atoms with Crippen LogP contribution in [0.25, 0.3) is 0 Å². The number of nitrogen functional groups attached to an aromatic ring is 1. The Bertz CT molecular complexity index is 640. The Balaban J connectivity index is 2.39. The van der Waals surface area contributed by atoms with Gasteiger partial charge in [0.25, 0.3) is 5.91 Å². The SMILES string of the molecule is CCN(C(=O)c1ccc(N)cc1C)c1cccc(F)c1. The summed E-state index contributed by atoms with van der Waals surface area (Å²) in [4.78, 5) is 14.1. The van der Waals surface area contributed by atoms with Crippen LogP contribution in [-0.2, 0) is 0 Å². The summed E-state index contributed by atoms with van der Waals surface area (Å²) in [6.45, 7) is 4.16. The summed E-state index contributed by atoms with van der Waals surface area (Å²) in [5.41, 5.74) is 8.25. The number of aryl methyl sites for hydroxylation is 1. The van der Waals surface area contributed by atoms with E-state index in [9.17, 15) is 9.18 Å². The van der Waals surface area contributed by atoms with Crippen molar-refractivity contribution in [3.63, 3.8) is 0 Å². The fourth-order valence-corrected chi connectivity index (χ4v) is 2.16. The number of nitrogens with zero attached hydrogens (tertiary/aromatic N) is 1. The van der Waals surface area contributed by atoms with Crippen molar-refractivity contribution >= 4 is 17.3 Å². The van der Waals surface area contributed by atoms with Gasteiger partial charge in [-0.05, 0) is 55.8 Å². The zero-order valence-electron chi connectivity index (χ0n) is 11.6. The van der Waals surface area contributed by atoms with E-state index >= 15 is 0 Å².